The van der Waals surface area contributed by atoms with Gasteiger partial charge in [0.2, 0.25) is 0 Å². The number of hydrogen-bond acceptors (Lipinski definition) is 2. The van der Waals surface area contributed by atoms with Gasteiger partial charge in [0.25, 0.3) is 0 Å². The third kappa shape index (κ3) is 0.501. The second kappa shape index (κ2) is 1.45. The number of nitrogens with one attached hydrogen (secondary N) is 1. The van der Waals surface area contributed by atoms with E-state index in [1.807, 2.05) is 0 Å². The smallest absolute Gasteiger partial charge is 0.0840 e. The van der Waals surface area contributed by atoms with E-state index in [0.717, 1.165) is 19.7 Å². The zero-order chi connectivity index (χ0) is 5.45. The normalized spacial score (nSPS) is 45.0. The predicted octanol–water partition coefficient (Wildman–Crippen LogP) is 0.139. The predicted molar refractivity (Wildman–Crippen MR) is 30.8 cm³/mol. The summed E-state index contributed by atoms with van der Waals surface area (Å²) in [5, 5.41) is 3.29. The minimum Gasteiger partial charge on any atom is -0.373 e. The van der Waals surface area contributed by atoms with Crippen LogP contribution >= 0.6 is 0 Å². The fourth-order valence-corrected chi connectivity index (χ4v) is 1.45. The highest BCUT2D eigenvalue weighted by Gasteiger charge is 2.40. The second-order valence-electron chi connectivity index (χ2n) is 2.71. The Bertz CT molecular complexity index is 90.7. The third-order valence-electron chi connectivity index (χ3n) is 2.17. The molecule has 1 atom stereocenters. The van der Waals surface area contributed by atoms with Crippen LogP contribution in [-0.4, -0.2) is 25.3 Å². The van der Waals surface area contributed by atoms with Crippen LogP contribution in [0, 0.1) is 0 Å². The van der Waals surface area contributed by atoms with Crippen LogP contribution in [0.5, 0.6) is 0 Å². The molecule has 2 aliphatic rings. The van der Waals surface area contributed by atoms with Crippen molar-refractivity contribution >= 4 is 0 Å². The Morgan fingerprint density at radius 1 is 1.38 bits per heavy atom. The molecule has 1 N–H and O–H groups in total. The first-order valence-electron chi connectivity index (χ1n) is 3.26. The lowest BCUT2D eigenvalue weighted by Crippen LogP contribution is -2.45. The molecule has 46 valence electrons. The molecule has 2 fully saturated rings. The zero-order valence-electron chi connectivity index (χ0n) is 4.94. The highest BCUT2D eigenvalue weighted by Crippen LogP contribution is 2.31. The van der Waals surface area contributed by atoms with Crippen molar-refractivity contribution in [2.45, 2.75) is 18.4 Å². The van der Waals surface area contributed by atoms with Crippen LogP contribution in [0.4, 0.5) is 0 Å². The maximum Gasteiger partial charge on any atom is 0.0840 e. The molecular formula is C6H11NO. The summed E-state index contributed by atoms with van der Waals surface area (Å²) in [5.41, 5.74) is 0.306. The van der Waals surface area contributed by atoms with Crippen molar-refractivity contribution < 1.29 is 4.74 Å². The molecule has 0 aromatic heterocycles. The first-order valence-corrected chi connectivity index (χ1v) is 3.26. The Morgan fingerprint density at radius 3 is 2.50 bits per heavy atom. The quantitative estimate of drug-likeness (QED) is 0.482. The van der Waals surface area contributed by atoms with Gasteiger partial charge < -0.3 is 10.1 Å². The van der Waals surface area contributed by atoms with E-state index in [9.17, 15) is 0 Å². The summed E-state index contributed by atoms with van der Waals surface area (Å²) in [7, 11) is 0. The summed E-state index contributed by atoms with van der Waals surface area (Å²) in [4.78, 5) is 0. The Morgan fingerprint density at radius 2 is 2.25 bits per heavy atom. The molecule has 0 aromatic carbocycles. The lowest BCUT2D eigenvalue weighted by Gasteiger charge is -2.37. The van der Waals surface area contributed by atoms with E-state index in [4.69, 9.17) is 4.74 Å². The number of rotatable bonds is 0. The van der Waals surface area contributed by atoms with E-state index in [-0.39, 0.29) is 0 Å². The Hall–Kier alpha value is -0.0800. The minimum atomic E-state index is 0.306. The molecule has 2 heterocycles. The van der Waals surface area contributed by atoms with Gasteiger partial charge in [-0.15, -0.1) is 0 Å². The lowest BCUT2D eigenvalue weighted by molar-refractivity contribution is -0.131. The molecule has 1 spiro atoms. The molecule has 8 heavy (non-hydrogen) atoms. The summed E-state index contributed by atoms with van der Waals surface area (Å²) in [6.45, 7) is 3.23. The van der Waals surface area contributed by atoms with Gasteiger partial charge in [0.15, 0.2) is 0 Å². The molecule has 2 rings (SSSR count). The van der Waals surface area contributed by atoms with Crippen LogP contribution in [0.3, 0.4) is 0 Å². The SMILES string of the molecule is C1C[C@@]2(CCO2)CN1. The van der Waals surface area contributed by atoms with Crippen LogP contribution < -0.4 is 5.32 Å². The van der Waals surface area contributed by atoms with Gasteiger partial charge in [-0.25, -0.2) is 0 Å². The largest absolute Gasteiger partial charge is 0.373 e. The van der Waals surface area contributed by atoms with E-state index in [2.05, 4.69) is 5.32 Å². The van der Waals surface area contributed by atoms with E-state index in [1.54, 1.807) is 0 Å². The molecule has 0 aromatic rings. The van der Waals surface area contributed by atoms with Crippen molar-refractivity contribution in [2.75, 3.05) is 19.7 Å². The van der Waals surface area contributed by atoms with Gasteiger partial charge >= 0.3 is 0 Å². The van der Waals surface area contributed by atoms with Crippen LogP contribution in [0.1, 0.15) is 12.8 Å². The Kier molecular flexibility index (Phi) is 0.866. The zero-order valence-corrected chi connectivity index (χ0v) is 4.94. The minimum absolute atomic E-state index is 0.306. The fraction of sp³-hybridized carbons (Fsp3) is 1.00. The van der Waals surface area contributed by atoms with Gasteiger partial charge in [-0.3, -0.25) is 0 Å². The highest BCUT2D eigenvalue weighted by molar-refractivity contribution is 4.94. The maximum absolute atomic E-state index is 5.42. The van der Waals surface area contributed by atoms with Crippen molar-refractivity contribution in [2.24, 2.45) is 0 Å². The standard InChI is InChI=1S/C6H11NO/c1-3-7-5-6(1)2-4-8-6/h7H,1-5H2/t6-/m1/s1. The van der Waals surface area contributed by atoms with Crippen LogP contribution in [-0.2, 0) is 4.74 Å². The van der Waals surface area contributed by atoms with Gasteiger partial charge in [0, 0.05) is 13.0 Å². The van der Waals surface area contributed by atoms with E-state index in [1.165, 1.54) is 12.8 Å². The molecule has 2 aliphatic heterocycles. The number of hydrogen-bond donors (Lipinski definition) is 1. The average molecular weight is 113 g/mol. The third-order valence-corrected chi connectivity index (χ3v) is 2.17. The van der Waals surface area contributed by atoms with Crippen molar-refractivity contribution in [3.8, 4) is 0 Å². The topological polar surface area (TPSA) is 21.3 Å². The maximum atomic E-state index is 5.42. The monoisotopic (exact) mass is 113 g/mol. The molecule has 0 radical (unpaired) electrons. The summed E-state index contributed by atoms with van der Waals surface area (Å²) < 4.78 is 5.42. The van der Waals surface area contributed by atoms with Gasteiger partial charge in [0.1, 0.15) is 0 Å². The van der Waals surface area contributed by atoms with Crippen molar-refractivity contribution in [3.63, 3.8) is 0 Å². The van der Waals surface area contributed by atoms with E-state index in [0.29, 0.717) is 5.60 Å². The lowest BCUT2D eigenvalue weighted by atomic mass is 9.94. The molecule has 0 unspecified atom stereocenters. The van der Waals surface area contributed by atoms with Crippen LogP contribution in [0.15, 0.2) is 0 Å². The van der Waals surface area contributed by atoms with E-state index >= 15 is 0 Å². The fourth-order valence-electron chi connectivity index (χ4n) is 1.45. The molecule has 0 bridgehead atoms. The van der Waals surface area contributed by atoms with Gasteiger partial charge in [-0.05, 0) is 13.0 Å². The summed E-state index contributed by atoms with van der Waals surface area (Å²) >= 11 is 0. The second-order valence-corrected chi connectivity index (χ2v) is 2.71. The highest BCUT2D eigenvalue weighted by atomic mass is 16.5. The summed E-state index contributed by atoms with van der Waals surface area (Å²) in [6, 6.07) is 0. The average Bonchev–Trinajstić information content (AvgIpc) is 2.07. The first-order chi connectivity index (χ1) is 3.91. The van der Waals surface area contributed by atoms with Crippen molar-refractivity contribution in [1.82, 2.24) is 5.32 Å². The molecule has 2 heteroatoms. The summed E-state index contributed by atoms with van der Waals surface area (Å²) in [5.74, 6) is 0. The molecular weight excluding hydrogens is 102 g/mol. The molecule has 0 aliphatic carbocycles. The molecule has 0 saturated carbocycles. The van der Waals surface area contributed by atoms with Crippen molar-refractivity contribution in [3.05, 3.63) is 0 Å². The van der Waals surface area contributed by atoms with Gasteiger partial charge in [-0.1, -0.05) is 0 Å². The summed E-state index contributed by atoms with van der Waals surface area (Å²) in [6.07, 6.45) is 2.51. The first kappa shape index (κ1) is 4.77. The van der Waals surface area contributed by atoms with Gasteiger partial charge in [-0.2, -0.15) is 0 Å². The molecule has 2 nitrogen and oxygen atoms in total. The molecule has 2 saturated heterocycles. The number of ether oxygens (including phenoxy) is 1. The van der Waals surface area contributed by atoms with Crippen LogP contribution in [0.2, 0.25) is 0 Å². The Balaban J connectivity index is 2.01. The molecule has 0 amide bonds. The Labute approximate surface area is 49.2 Å². The van der Waals surface area contributed by atoms with Gasteiger partial charge in [0.05, 0.1) is 12.2 Å². The van der Waals surface area contributed by atoms with Crippen LogP contribution in [0.25, 0.3) is 0 Å². The van der Waals surface area contributed by atoms with E-state index < -0.39 is 0 Å². The van der Waals surface area contributed by atoms with Crippen molar-refractivity contribution in [1.29, 1.82) is 0 Å².